The largest absolute Gasteiger partial charge is 0.368 e. The van der Waals surface area contributed by atoms with Gasteiger partial charge in [0.1, 0.15) is 16.2 Å². The SMILES string of the molecule is Cc1nc(Br)cc(N(CC(N)=O)CC(N)=O)n1. The van der Waals surface area contributed by atoms with Crippen LogP contribution in [0, 0.1) is 6.92 Å². The second-order valence-corrected chi connectivity index (χ2v) is 4.20. The summed E-state index contributed by atoms with van der Waals surface area (Å²) in [6, 6.07) is 1.58. The number of halogens is 1. The Morgan fingerprint density at radius 2 is 1.82 bits per heavy atom. The lowest BCUT2D eigenvalue weighted by atomic mass is 10.4. The first-order valence-corrected chi connectivity index (χ1v) is 5.50. The fraction of sp³-hybridized carbons (Fsp3) is 0.333. The van der Waals surface area contributed by atoms with Crippen molar-refractivity contribution in [2.75, 3.05) is 18.0 Å². The highest BCUT2D eigenvalue weighted by Crippen LogP contribution is 2.15. The highest BCUT2D eigenvalue weighted by molar-refractivity contribution is 9.10. The molecule has 0 unspecified atom stereocenters. The monoisotopic (exact) mass is 301 g/mol. The molecule has 17 heavy (non-hydrogen) atoms. The smallest absolute Gasteiger partial charge is 0.237 e. The van der Waals surface area contributed by atoms with Gasteiger partial charge in [-0.2, -0.15) is 0 Å². The average molecular weight is 302 g/mol. The molecule has 0 aromatic carbocycles. The van der Waals surface area contributed by atoms with Crippen molar-refractivity contribution in [3.8, 4) is 0 Å². The summed E-state index contributed by atoms with van der Waals surface area (Å²) in [4.78, 5) is 31.3. The molecule has 0 aliphatic heterocycles. The molecule has 92 valence electrons. The zero-order chi connectivity index (χ0) is 13.0. The first-order chi connectivity index (χ1) is 7.88. The predicted octanol–water partition coefficient (Wildman–Crippen LogP) is -0.675. The number of nitrogens with zero attached hydrogens (tertiary/aromatic N) is 3. The average Bonchev–Trinajstić information content (AvgIpc) is 2.13. The molecule has 0 atom stereocenters. The molecule has 0 saturated carbocycles. The van der Waals surface area contributed by atoms with E-state index in [1.165, 1.54) is 4.90 Å². The van der Waals surface area contributed by atoms with E-state index in [0.717, 1.165) is 0 Å². The van der Waals surface area contributed by atoms with Gasteiger partial charge in [-0.05, 0) is 22.9 Å². The minimum absolute atomic E-state index is 0.133. The Hall–Kier alpha value is -1.70. The Bertz CT molecular complexity index is 415. The van der Waals surface area contributed by atoms with Crippen LogP contribution in [0.2, 0.25) is 0 Å². The summed E-state index contributed by atoms with van der Waals surface area (Å²) in [6.07, 6.45) is 0. The second-order valence-electron chi connectivity index (χ2n) is 3.38. The number of rotatable bonds is 5. The number of primary amides is 2. The summed E-state index contributed by atoms with van der Waals surface area (Å²) in [5.41, 5.74) is 10.2. The van der Waals surface area contributed by atoms with Crippen LogP contribution < -0.4 is 16.4 Å². The Morgan fingerprint density at radius 3 is 2.24 bits per heavy atom. The number of carbonyl (C=O) groups is 2. The van der Waals surface area contributed by atoms with Gasteiger partial charge in [0.05, 0.1) is 13.1 Å². The Kier molecular flexibility index (Phi) is 4.38. The summed E-state index contributed by atoms with van der Waals surface area (Å²) in [7, 11) is 0. The van der Waals surface area contributed by atoms with Gasteiger partial charge in [0, 0.05) is 6.07 Å². The molecule has 7 nitrogen and oxygen atoms in total. The van der Waals surface area contributed by atoms with E-state index < -0.39 is 11.8 Å². The molecule has 1 aromatic rings. The number of nitrogens with two attached hydrogens (primary N) is 2. The van der Waals surface area contributed by atoms with Gasteiger partial charge in [0.25, 0.3) is 0 Å². The molecule has 0 spiro atoms. The molecule has 0 radical (unpaired) electrons. The topological polar surface area (TPSA) is 115 Å². The van der Waals surface area contributed by atoms with E-state index in [1.54, 1.807) is 13.0 Å². The van der Waals surface area contributed by atoms with Crippen molar-refractivity contribution in [1.29, 1.82) is 0 Å². The molecular formula is C9H12BrN5O2. The van der Waals surface area contributed by atoms with Crippen LogP contribution in [0.1, 0.15) is 5.82 Å². The van der Waals surface area contributed by atoms with E-state index in [0.29, 0.717) is 16.2 Å². The Labute approximate surface area is 106 Å². The summed E-state index contributed by atoms with van der Waals surface area (Å²) >= 11 is 3.20. The second kappa shape index (κ2) is 5.58. The van der Waals surface area contributed by atoms with Crippen molar-refractivity contribution in [3.63, 3.8) is 0 Å². The van der Waals surface area contributed by atoms with E-state index in [4.69, 9.17) is 11.5 Å². The molecule has 8 heteroatoms. The van der Waals surface area contributed by atoms with E-state index in [-0.39, 0.29) is 13.1 Å². The molecule has 4 N–H and O–H groups in total. The van der Waals surface area contributed by atoms with Crippen molar-refractivity contribution in [3.05, 3.63) is 16.5 Å². The van der Waals surface area contributed by atoms with Crippen molar-refractivity contribution < 1.29 is 9.59 Å². The number of anilines is 1. The number of aromatic nitrogens is 2. The molecule has 0 aliphatic rings. The van der Waals surface area contributed by atoms with Gasteiger partial charge in [-0.25, -0.2) is 9.97 Å². The summed E-state index contributed by atoms with van der Waals surface area (Å²) in [6.45, 7) is 1.43. The van der Waals surface area contributed by atoms with Crippen molar-refractivity contribution in [1.82, 2.24) is 9.97 Å². The molecule has 1 heterocycles. The quantitative estimate of drug-likeness (QED) is 0.700. The number of amides is 2. The first-order valence-electron chi connectivity index (χ1n) is 4.71. The first kappa shape index (κ1) is 13.4. The highest BCUT2D eigenvalue weighted by Gasteiger charge is 2.14. The van der Waals surface area contributed by atoms with Crippen LogP contribution in [0.25, 0.3) is 0 Å². The van der Waals surface area contributed by atoms with Gasteiger partial charge >= 0.3 is 0 Å². The lowest BCUT2D eigenvalue weighted by Crippen LogP contribution is -2.40. The van der Waals surface area contributed by atoms with Crippen LogP contribution >= 0.6 is 15.9 Å². The molecule has 1 rings (SSSR count). The Morgan fingerprint density at radius 1 is 1.29 bits per heavy atom. The fourth-order valence-electron chi connectivity index (χ4n) is 1.27. The zero-order valence-corrected chi connectivity index (χ0v) is 10.8. The maximum Gasteiger partial charge on any atom is 0.237 e. The van der Waals surface area contributed by atoms with Crippen LogP contribution in [0.4, 0.5) is 5.82 Å². The number of carbonyl (C=O) groups excluding carboxylic acids is 2. The Balaban J connectivity index is 3.02. The highest BCUT2D eigenvalue weighted by atomic mass is 79.9. The van der Waals surface area contributed by atoms with Crippen LogP contribution in [0.15, 0.2) is 10.7 Å². The van der Waals surface area contributed by atoms with Gasteiger partial charge in [-0.3, -0.25) is 9.59 Å². The summed E-state index contributed by atoms with van der Waals surface area (Å²) < 4.78 is 0.555. The maximum absolute atomic E-state index is 10.9. The standard InChI is InChI=1S/C9H12BrN5O2/c1-5-13-6(10)2-9(14-5)15(3-7(11)16)4-8(12)17/h2H,3-4H2,1H3,(H2,11,16)(H2,12,17). The van der Waals surface area contributed by atoms with E-state index >= 15 is 0 Å². The van der Waals surface area contributed by atoms with Crippen molar-refractivity contribution in [2.24, 2.45) is 11.5 Å². The summed E-state index contributed by atoms with van der Waals surface area (Å²) in [5, 5.41) is 0. The van der Waals surface area contributed by atoms with Crippen LogP contribution in [-0.4, -0.2) is 34.9 Å². The van der Waals surface area contributed by atoms with E-state index in [1.807, 2.05) is 0 Å². The van der Waals surface area contributed by atoms with Gasteiger partial charge in [0.2, 0.25) is 11.8 Å². The third-order valence-electron chi connectivity index (χ3n) is 1.81. The van der Waals surface area contributed by atoms with E-state index in [9.17, 15) is 9.59 Å². The molecular weight excluding hydrogens is 290 g/mol. The van der Waals surface area contributed by atoms with Gasteiger partial charge in [-0.15, -0.1) is 0 Å². The third-order valence-corrected chi connectivity index (χ3v) is 2.22. The zero-order valence-electron chi connectivity index (χ0n) is 9.18. The number of hydrogen-bond donors (Lipinski definition) is 2. The molecule has 1 aromatic heterocycles. The normalized spacial score (nSPS) is 10.0. The lowest BCUT2D eigenvalue weighted by molar-refractivity contribution is -0.117. The van der Waals surface area contributed by atoms with Crippen molar-refractivity contribution in [2.45, 2.75) is 6.92 Å². The lowest BCUT2D eigenvalue weighted by Gasteiger charge is -2.20. The van der Waals surface area contributed by atoms with Gasteiger partial charge < -0.3 is 16.4 Å². The minimum Gasteiger partial charge on any atom is -0.368 e. The summed E-state index contributed by atoms with van der Waals surface area (Å²) in [5.74, 6) is -0.215. The molecule has 0 fully saturated rings. The molecule has 2 amide bonds. The fourth-order valence-corrected chi connectivity index (χ4v) is 1.73. The maximum atomic E-state index is 10.9. The number of hydrogen-bond acceptors (Lipinski definition) is 5. The third kappa shape index (κ3) is 4.35. The van der Waals surface area contributed by atoms with Crippen LogP contribution in [0.5, 0.6) is 0 Å². The molecule has 0 bridgehead atoms. The molecule has 0 aliphatic carbocycles. The van der Waals surface area contributed by atoms with Gasteiger partial charge in [-0.1, -0.05) is 0 Å². The van der Waals surface area contributed by atoms with Crippen LogP contribution in [-0.2, 0) is 9.59 Å². The molecule has 0 saturated heterocycles. The number of aryl methyl sites for hydroxylation is 1. The van der Waals surface area contributed by atoms with E-state index in [2.05, 4.69) is 25.9 Å². The van der Waals surface area contributed by atoms with Crippen LogP contribution in [0.3, 0.4) is 0 Å². The predicted molar refractivity (Wildman–Crippen MR) is 65.1 cm³/mol. The van der Waals surface area contributed by atoms with Crippen molar-refractivity contribution >= 4 is 33.6 Å². The minimum atomic E-state index is -0.571. The van der Waals surface area contributed by atoms with Gasteiger partial charge in [0.15, 0.2) is 0 Å².